The third-order valence-electron chi connectivity index (χ3n) is 4.64. The zero-order valence-electron chi connectivity index (χ0n) is 12.8. The normalized spacial score (nSPS) is 27.2. The molecular formula is C15H17N3O5S. The van der Waals surface area contributed by atoms with Gasteiger partial charge in [-0.15, -0.1) is 6.58 Å². The molecule has 1 aromatic heterocycles. The maximum Gasteiger partial charge on any atom is 0.313 e. The van der Waals surface area contributed by atoms with Gasteiger partial charge in [0.25, 0.3) is 0 Å². The van der Waals surface area contributed by atoms with Crippen LogP contribution in [0, 0.1) is 11.3 Å². The van der Waals surface area contributed by atoms with Crippen LogP contribution in [0.25, 0.3) is 0 Å². The summed E-state index contributed by atoms with van der Waals surface area (Å²) < 4.78 is 26.5. The molecule has 2 saturated heterocycles. The summed E-state index contributed by atoms with van der Waals surface area (Å²) in [5.74, 6) is -2.39. The lowest BCUT2D eigenvalue weighted by Gasteiger charge is -2.24. The molecule has 2 fully saturated rings. The Morgan fingerprint density at radius 3 is 2.79 bits per heavy atom. The lowest BCUT2D eigenvalue weighted by atomic mass is 9.81. The van der Waals surface area contributed by atoms with E-state index in [1.54, 1.807) is 0 Å². The molecule has 1 aromatic rings. The molecule has 2 aliphatic heterocycles. The fourth-order valence-electron chi connectivity index (χ4n) is 3.41. The van der Waals surface area contributed by atoms with Crippen molar-refractivity contribution in [1.29, 1.82) is 0 Å². The van der Waals surface area contributed by atoms with Gasteiger partial charge in [0, 0.05) is 38.6 Å². The zero-order valence-corrected chi connectivity index (χ0v) is 13.6. The molecule has 8 nitrogen and oxygen atoms in total. The van der Waals surface area contributed by atoms with Crippen LogP contribution in [0.1, 0.15) is 0 Å². The van der Waals surface area contributed by atoms with E-state index in [0.717, 1.165) is 4.31 Å². The molecule has 3 heterocycles. The molecule has 9 heteroatoms. The van der Waals surface area contributed by atoms with Gasteiger partial charge in [0.05, 0.1) is 5.92 Å². The summed E-state index contributed by atoms with van der Waals surface area (Å²) in [6.07, 6.45) is 4.19. The number of carboxylic acid groups (broad SMARTS) is 1. The second-order valence-corrected chi connectivity index (χ2v) is 7.95. The van der Waals surface area contributed by atoms with Crippen LogP contribution in [0.2, 0.25) is 0 Å². The summed E-state index contributed by atoms with van der Waals surface area (Å²) >= 11 is 0. The molecule has 1 amide bonds. The summed E-state index contributed by atoms with van der Waals surface area (Å²) in [6, 6.07) is 2.89. The minimum absolute atomic E-state index is 0.0130. The Hall–Kier alpha value is -2.26. The lowest BCUT2D eigenvalue weighted by Crippen LogP contribution is -2.42. The number of fused-ring (bicyclic) bond motifs is 1. The number of aromatic nitrogens is 1. The maximum atomic E-state index is 12.7. The Morgan fingerprint density at radius 1 is 1.50 bits per heavy atom. The Bertz CT molecular complexity index is 795. The van der Waals surface area contributed by atoms with E-state index >= 15 is 0 Å². The highest BCUT2D eigenvalue weighted by Crippen LogP contribution is 2.45. The fraction of sp³-hybridized carbons (Fsp3) is 0.400. The first-order valence-electron chi connectivity index (χ1n) is 7.36. The van der Waals surface area contributed by atoms with Crippen LogP contribution in [0.4, 0.5) is 0 Å². The first-order chi connectivity index (χ1) is 11.3. The van der Waals surface area contributed by atoms with Gasteiger partial charge in [-0.1, -0.05) is 6.08 Å². The first-order valence-corrected chi connectivity index (χ1v) is 8.80. The minimum atomic E-state index is -3.89. The van der Waals surface area contributed by atoms with E-state index in [9.17, 15) is 23.1 Å². The highest BCUT2D eigenvalue weighted by Gasteiger charge is 2.63. The number of hydrogen-bond donors (Lipinski definition) is 1. The smallest absolute Gasteiger partial charge is 0.313 e. The molecule has 0 aliphatic carbocycles. The third-order valence-corrected chi connectivity index (χ3v) is 6.44. The largest absolute Gasteiger partial charge is 0.481 e. The highest BCUT2D eigenvalue weighted by atomic mass is 32.2. The van der Waals surface area contributed by atoms with Crippen molar-refractivity contribution in [3.05, 3.63) is 37.2 Å². The molecule has 0 aromatic carbocycles. The summed E-state index contributed by atoms with van der Waals surface area (Å²) in [6.45, 7) is 3.42. The molecule has 0 saturated carbocycles. The van der Waals surface area contributed by atoms with Crippen molar-refractivity contribution in [2.75, 3.05) is 26.2 Å². The molecule has 0 radical (unpaired) electrons. The van der Waals surface area contributed by atoms with E-state index < -0.39 is 27.3 Å². The Labute approximate surface area is 139 Å². The van der Waals surface area contributed by atoms with Crippen molar-refractivity contribution in [3.8, 4) is 0 Å². The average Bonchev–Trinajstić information content (AvgIpc) is 3.06. The van der Waals surface area contributed by atoms with Crippen LogP contribution in [0.15, 0.2) is 42.1 Å². The Morgan fingerprint density at radius 2 is 2.25 bits per heavy atom. The molecule has 128 valence electrons. The van der Waals surface area contributed by atoms with Gasteiger partial charge in [-0.25, -0.2) is 8.42 Å². The van der Waals surface area contributed by atoms with Crippen LogP contribution in [0.3, 0.4) is 0 Å². The van der Waals surface area contributed by atoms with Gasteiger partial charge in [0.15, 0.2) is 0 Å². The number of carbonyl (C=O) groups excluding carboxylic acids is 1. The number of aliphatic carboxylic acids is 1. The number of amides is 1. The van der Waals surface area contributed by atoms with Crippen LogP contribution in [-0.4, -0.2) is 65.8 Å². The second-order valence-electron chi connectivity index (χ2n) is 6.01. The third kappa shape index (κ3) is 2.31. The number of nitrogens with zero attached hydrogens (tertiary/aromatic N) is 3. The van der Waals surface area contributed by atoms with Crippen LogP contribution in [-0.2, 0) is 19.6 Å². The van der Waals surface area contributed by atoms with Crippen molar-refractivity contribution in [1.82, 2.24) is 14.2 Å². The molecule has 24 heavy (non-hydrogen) atoms. The number of pyridine rings is 1. The number of carboxylic acids is 1. The van der Waals surface area contributed by atoms with Gasteiger partial charge in [-0.05, 0) is 12.1 Å². The van der Waals surface area contributed by atoms with Crippen molar-refractivity contribution in [2.24, 2.45) is 11.3 Å². The van der Waals surface area contributed by atoms with Gasteiger partial charge >= 0.3 is 5.97 Å². The molecule has 2 aliphatic rings. The minimum Gasteiger partial charge on any atom is -0.481 e. The first kappa shape index (κ1) is 16.6. The summed E-state index contributed by atoms with van der Waals surface area (Å²) in [4.78, 5) is 29.5. The monoisotopic (exact) mass is 351 g/mol. The molecule has 0 spiro atoms. The number of sulfonamides is 1. The topological polar surface area (TPSA) is 108 Å². The highest BCUT2D eigenvalue weighted by molar-refractivity contribution is 7.89. The number of carbonyl (C=O) groups is 2. The van der Waals surface area contributed by atoms with Crippen molar-refractivity contribution in [2.45, 2.75) is 4.90 Å². The number of likely N-dealkylation sites (tertiary alicyclic amines) is 1. The maximum absolute atomic E-state index is 12.7. The summed E-state index contributed by atoms with van der Waals surface area (Å²) in [5.41, 5.74) is -1.42. The summed E-state index contributed by atoms with van der Waals surface area (Å²) in [7, 11) is -3.89. The van der Waals surface area contributed by atoms with E-state index in [2.05, 4.69) is 11.6 Å². The fourth-order valence-corrected chi connectivity index (χ4v) is 4.90. The molecule has 0 bridgehead atoms. The lowest BCUT2D eigenvalue weighted by molar-refractivity contribution is -0.149. The quantitative estimate of drug-likeness (QED) is 0.736. The van der Waals surface area contributed by atoms with Gasteiger partial charge < -0.3 is 10.0 Å². The Balaban J connectivity index is 1.95. The molecule has 0 unspecified atom stereocenters. The average molecular weight is 351 g/mol. The molecule has 3 rings (SSSR count). The van der Waals surface area contributed by atoms with E-state index in [1.807, 2.05) is 0 Å². The van der Waals surface area contributed by atoms with Gasteiger partial charge in [0.2, 0.25) is 15.9 Å². The van der Waals surface area contributed by atoms with Crippen molar-refractivity contribution < 1.29 is 23.1 Å². The van der Waals surface area contributed by atoms with Crippen LogP contribution < -0.4 is 0 Å². The SMILES string of the molecule is C=CCN1C[C@]2(C(=O)O)CN(S(=O)(=O)c3cccnc3)C[C@@H]2C1=O. The predicted octanol–water partition coefficient (Wildman–Crippen LogP) is -0.199. The second kappa shape index (κ2) is 5.67. The van der Waals surface area contributed by atoms with E-state index in [1.165, 1.54) is 35.5 Å². The van der Waals surface area contributed by atoms with Crippen molar-refractivity contribution in [3.63, 3.8) is 0 Å². The molecule has 2 atom stereocenters. The van der Waals surface area contributed by atoms with Crippen molar-refractivity contribution >= 4 is 21.9 Å². The van der Waals surface area contributed by atoms with Crippen LogP contribution >= 0.6 is 0 Å². The standard InChI is InChI=1S/C15H17N3O5S/c1-2-6-17-9-15(14(20)21)10-18(8-12(15)13(17)19)24(22,23)11-4-3-5-16-7-11/h2-5,7,12H,1,6,8-10H2,(H,20,21)/t12-,15+/m1/s1. The predicted molar refractivity (Wildman–Crippen MR) is 83.3 cm³/mol. The van der Waals surface area contributed by atoms with E-state index in [-0.39, 0.29) is 37.0 Å². The summed E-state index contributed by atoms with van der Waals surface area (Å²) in [5, 5.41) is 9.69. The molecular weight excluding hydrogens is 334 g/mol. The number of hydrogen-bond acceptors (Lipinski definition) is 5. The van der Waals surface area contributed by atoms with Gasteiger partial charge in [-0.3, -0.25) is 14.6 Å². The van der Waals surface area contributed by atoms with E-state index in [0.29, 0.717) is 0 Å². The zero-order chi connectivity index (χ0) is 17.5. The molecule has 1 N–H and O–H groups in total. The van der Waals surface area contributed by atoms with Gasteiger partial charge in [0.1, 0.15) is 10.3 Å². The van der Waals surface area contributed by atoms with E-state index in [4.69, 9.17) is 0 Å². The van der Waals surface area contributed by atoms with Gasteiger partial charge in [-0.2, -0.15) is 4.31 Å². The Kier molecular flexibility index (Phi) is 3.92. The number of rotatable bonds is 5. The van der Waals surface area contributed by atoms with Crippen LogP contribution in [0.5, 0.6) is 0 Å².